The molecule has 1 aliphatic rings. The van der Waals surface area contributed by atoms with Gasteiger partial charge in [0.15, 0.2) is 0 Å². The summed E-state index contributed by atoms with van der Waals surface area (Å²) in [5, 5.41) is -0.824. The molecular weight excluding hydrogens is 358 g/mol. The van der Waals surface area contributed by atoms with Gasteiger partial charge in [-0.2, -0.15) is 16.8 Å². The lowest BCUT2D eigenvalue weighted by atomic mass is 10.1. The van der Waals surface area contributed by atoms with Gasteiger partial charge in [-0.15, -0.1) is 0 Å². The Morgan fingerprint density at radius 2 is 1.96 bits per heavy atom. The van der Waals surface area contributed by atoms with Crippen LogP contribution in [0.15, 0.2) is 47.2 Å². The van der Waals surface area contributed by atoms with Crippen molar-refractivity contribution in [1.82, 2.24) is 0 Å². The van der Waals surface area contributed by atoms with Crippen LogP contribution < -0.4 is 17.2 Å². The maximum Gasteiger partial charge on any atom is 0.296 e. The zero-order valence-electron chi connectivity index (χ0n) is 13.2. The summed E-state index contributed by atoms with van der Waals surface area (Å²) in [5.41, 5.74) is 16.3. The third kappa shape index (κ3) is 8.26. The van der Waals surface area contributed by atoms with E-state index < -0.39 is 36.4 Å². The third-order valence-corrected chi connectivity index (χ3v) is 4.97. The molecule has 0 aromatic rings. The highest BCUT2D eigenvalue weighted by Crippen LogP contribution is 2.13. The van der Waals surface area contributed by atoms with Crippen LogP contribution in [0, 0.1) is 0 Å². The standard InChI is InChI=1S/C7H14N2O3S.C6H9NO3S/c1-3-6(9)4-7(5(2)8)13(10,11)12;7-5-1-3-6(4-2-5)11(8,9)10/h4,6H,2-3,8-9H2,1H3,(H,10,11,12);1-3,6H,4,7H2,(H,8,9,10)/b7-4+;. The maximum absolute atomic E-state index is 10.7. The number of allylic oxidation sites excluding steroid dienone is 2. The Balaban J connectivity index is 0.000000446. The van der Waals surface area contributed by atoms with Gasteiger partial charge in [0.25, 0.3) is 20.2 Å². The van der Waals surface area contributed by atoms with E-state index in [2.05, 4.69) is 6.58 Å². The first-order chi connectivity index (χ1) is 10.8. The van der Waals surface area contributed by atoms with Crippen LogP contribution in [-0.4, -0.2) is 37.2 Å². The van der Waals surface area contributed by atoms with E-state index in [-0.39, 0.29) is 12.1 Å². The molecule has 2 atom stereocenters. The fraction of sp³-hybridized carbons (Fsp3) is 0.385. The second-order valence-electron chi connectivity index (χ2n) is 4.96. The van der Waals surface area contributed by atoms with Gasteiger partial charge in [-0.3, -0.25) is 9.11 Å². The zero-order chi connectivity index (χ0) is 19.1. The SMILES string of the molecule is C=C(N)/C(=C\C(N)CC)S(=O)(=O)O.NC1=CCC(S(=O)(=O)O)C=C1. The molecule has 2 unspecified atom stereocenters. The molecule has 1 rings (SSSR count). The van der Waals surface area contributed by atoms with E-state index in [9.17, 15) is 16.8 Å². The molecule has 0 aromatic carbocycles. The molecule has 8 N–H and O–H groups in total. The highest BCUT2D eigenvalue weighted by molar-refractivity contribution is 7.90. The maximum atomic E-state index is 10.7. The van der Waals surface area contributed by atoms with E-state index in [1.54, 1.807) is 13.0 Å². The second-order valence-corrected chi connectivity index (χ2v) is 7.98. The minimum absolute atomic E-state index is 0.216. The van der Waals surface area contributed by atoms with Crippen LogP contribution in [0.5, 0.6) is 0 Å². The molecule has 0 amide bonds. The molecule has 11 heteroatoms. The van der Waals surface area contributed by atoms with Crippen LogP contribution in [0.3, 0.4) is 0 Å². The Morgan fingerprint density at radius 1 is 1.42 bits per heavy atom. The highest BCUT2D eigenvalue weighted by Gasteiger charge is 2.20. The predicted molar refractivity (Wildman–Crippen MR) is 92.6 cm³/mol. The van der Waals surface area contributed by atoms with Gasteiger partial charge >= 0.3 is 0 Å². The van der Waals surface area contributed by atoms with Gasteiger partial charge in [0, 0.05) is 17.4 Å². The van der Waals surface area contributed by atoms with E-state index in [1.807, 2.05) is 0 Å². The van der Waals surface area contributed by atoms with Crippen molar-refractivity contribution in [3.8, 4) is 0 Å². The second kappa shape index (κ2) is 8.99. The summed E-state index contributed by atoms with van der Waals surface area (Å²) in [7, 11) is -8.25. The lowest BCUT2D eigenvalue weighted by molar-refractivity contribution is 0.474. The van der Waals surface area contributed by atoms with Crippen molar-refractivity contribution in [2.24, 2.45) is 17.2 Å². The van der Waals surface area contributed by atoms with Gasteiger partial charge in [0.2, 0.25) is 0 Å². The van der Waals surface area contributed by atoms with Crippen LogP contribution in [0.4, 0.5) is 0 Å². The Bertz CT molecular complexity index is 751. The van der Waals surface area contributed by atoms with E-state index in [0.29, 0.717) is 12.1 Å². The largest absolute Gasteiger partial charge is 0.399 e. The summed E-state index contributed by atoms with van der Waals surface area (Å²) in [5.74, 6) is 0. The Labute approximate surface area is 142 Å². The molecule has 0 heterocycles. The molecule has 0 fully saturated rings. The molecule has 0 spiro atoms. The van der Waals surface area contributed by atoms with E-state index in [4.69, 9.17) is 26.3 Å². The Morgan fingerprint density at radius 3 is 2.25 bits per heavy atom. The Kier molecular flexibility index (Phi) is 8.37. The molecule has 0 bridgehead atoms. The Hall–Kier alpha value is -1.66. The zero-order valence-corrected chi connectivity index (χ0v) is 14.8. The van der Waals surface area contributed by atoms with Crippen LogP contribution in [0.2, 0.25) is 0 Å². The summed E-state index contributed by atoms with van der Waals surface area (Å²) in [6, 6.07) is -0.461. The van der Waals surface area contributed by atoms with Gasteiger partial charge < -0.3 is 17.2 Å². The third-order valence-electron chi connectivity index (χ3n) is 2.90. The molecule has 0 aliphatic heterocycles. The van der Waals surface area contributed by atoms with Gasteiger partial charge in [-0.1, -0.05) is 25.7 Å². The van der Waals surface area contributed by atoms with Gasteiger partial charge in [-0.05, 0) is 25.0 Å². The first-order valence-electron chi connectivity index (χ1n) is 6.78. The fourth-order valence-electron chi connectivity index (χ4n) is 1.51. The smallest absolute Gasteiger partial charge is 0.296 e. The summed E-state index contributed by atoms with van der Waals surface area (Å²) in [4.78, 5) is -0.415. The lowest BCUT2D eigenvalue weighted by Gasteiger charge is -2.10. The predicted octanol–water partition coefficient (Wildman–Crippen LogP) is 0.0131. The first-order valence-corrected chi connectivity index (χ1v) is 9.73. The van der Waals surface area contributed by atoms with E-state index >= 15 is 0 Å². The summed E-state index contributed by atoms with van der Waals surface area (Å²) in [6.07, 6.45) is 6.40. The van der Waals surface area contributed by atoms with Crippen molar-refractivity contribution in [1.29, 1.82) is 0 Å². The molecule has 24 heavy (non-hydrogen) atoms. The van der Waals surface area contributed by atoms with Crippen molar-refractivity contribution < 1.29 is 25.9 Å². The summed E-state index contributed by atoms with van der Waals surface area (Å²) in [6.45, 7) is 5.00. The number of nitrogens with two attached hydrogens (primary N) is 3. The van der Waals surface area contributed by atoms with Gasteiger partial charge in [-0.25, -0.2) is 0 Å². The minimum Gasteiger partial charge on any atom is -0.399 e. The van der Waals surface area contributed by atoms with Crippen molar-refractivity contribution in [3.05, 3.63) is 47.2 Å². The van der Waals surface area contributed by atoms with E-state index in [1.165, 1.54) is 18.2 Å². The molecule has 0 saturated heterocycles. The van der Waals surface area contributed by atoms with Crippen LogP contribution >= 0.6 is 0 Å². The molecule has 0 radical (unpaired) electrons. The molecular formula is C13H23N3O6S2. The highest BCUT2D eigenvalue weighted by atomic mass is 32.2. The summed E-state index contributed by atoms with van der Waals surface area (Å²) < 4.78 is 59.8. The topological polar surface area (TPSA) is 187 Å². The lowest BCUT2D eigenvalue weighted by Crippen LogP contribution is -2.19. The van der Waals surface area contributed by atoms with Crippen molar-refractivity contribution in [2.45, 2.75) is 31.1 Å². The monoisotopic (exact) mass is 381 g/mol. The quantitative estimate of drug-likeness (QED) is 0.323. The normalized spacial score (nSPS) is 19.8. The fourth-order valence-corrected chi connectivity index (χ4v) is 2.80. The van der Waals surface area contributed by atoms with Crippen LogP contribution in [0.25, 0.3) is 0 Å². The average Bonchev–Trinajstić information content (AvgIpc) is 2.43. The van der Waals surface area contributed by atoms with Gasteiger partial charge in [0.1, 0.15) is 10.2 Å². The van der Waals surface area contributed by atoms with Gasteiger partial charge in [0.05, 0.1) is 0 Å². The van der Waals surface area contributed by atoms with Crippen molar-refractivity contribution >= 4 is 20.2 Å². The average molecular weight is 381 g/mol. The number of hydrogen-bond acceptors (Lipinski definition) is 7. The van der Waals surface area contributed by atoms with Crippen LogP contribution in [0.1, 0.15) is 19.8 Å². The molecule has 1 aliphatic carbocycles. The molecule has 9 nitrogen and oxygen atoms in total. The first kappa shape index (κ1) is 22.3. The molecule has 0 aromatic heterocycles. The van der Waals surface area contributed by atoms with Crippen LogP contribution in [-0.2, 0) is 20.2 Å². The molecule has 0 saturated carbocycles. The summed E-state index contributed by atoms with van der Waals surface area (Å²) >= 11 is 0. The van der Waals surface area contributed by atoms with Crippen molar-refractivity contribution in [2.75, 3.05) is 0 Å². The van der Waals surface area contributed by atoms with Crippen molar-refractivity contribution in [3.63, 3.8) is 0 Å². The number of rotatable bonds is 5. The minimum atomic E-state index is -4.31. The molecule has 138 valence electrons. The number of hydrogen-bond donors (Lipinski definition) is 5. The van der Waals surface area contributed by atoms with E-state index in [0.717, 1.165) is 0 Å².